The van der Waals surface area contributed by atoms with Gasteiger partial charge in [0, 0.05) is 17.5 Å². The summed E-state index contributed by atoms with van der Waals surface area (Å²) < 4.78 is 40.7. The highest BCUT2D eigenvalue weighted by atomic mass is 35.5. The molecule has 0 atom stereocenters. The second-order valence-electron chi connectivity index (χ2n) is 5.33. The highest BCUT2D eigenvalue weighted by Gasteiger charge is 2.31. The summed E-state index contributed by atoms with van der Waals surface area (Å²) in [4.78, 5) is 16.2. The number of nitrogens with zero attached hydrogens (tertiary/aromatic N) is 1. The smallest absolute Gasteiger partial charge is 0.406 e. The van der Waals surface area contributed by atoms with Crippen LogP contribution in [0.2, 0.25) is 5.02 Å². The van der Waals surface area contributed by atoms with Crippen molar-refractivity contribution in [3.05, 3.63) is 83.2 Å². The lowest BCUT2D eigenvalue weighted by molar-refractivity contribution is -0.274. The highest BCUT2D eigenvalue weighted by Crippen LogP contribution is 2.27. The summed E-state index contributed by atoms with van der Waals surface area (Å²) in [7, 11) is 0. The molecule has 5 nitrogen and oxygen atoms in total. The van der Waals surface area contributed by atoms with Crippen LogP contribution in [0.25, 0.3) is 5.57 Å². The van der Waals surface area contributed by atoms with Crippen molar-refractivity contribution in [2.75, 3.05) is 0 Å². The molecular formula is C19H15ClF3N3O2. The van der Waals surface area contributed by atoms with E-state index in [1.165, 1.54) is 24.4 Å². The van der Waals surface area contributed by atoms with E-state index in [-0.39, 0.29) is 22.0 Å². The number of benzene rings is 2. The Morgan fingerprint density at radius 3 is 2.39 bits per heavy atom. The maximum Gasteiger partial charge on any atom is 0.573 e. The van der Waals surface area contributed by atoms with Crippen LogP contribution in [-0.2, 0) is 0 Å². The number of rotatable bonds is 6. The largest absolute Gasteiger partial charge is 0.573 e. The van der Waals surface area contributed by atoms with Gasteiger partial charge in [-0.05, 0) is 29.8 Å². The van der Waals surface area contributed by atoms with Gasteiger partial charge in [0.05, 0.1) is 16.9 Å². The number of allylic oxidation sites excluding steroid dienone is 1. The number of ether oxygens (including phenoxy) is 1. The molecule has 0 saturated heterocycles. The fourth-order valence-corrected chi connectivity index (χ4v) is 2.42. The van der Waals surface area contributed by atoms with Crippen LogP contribution in [0, 0.1) is 0 Å². The van der Waals surface area contributed by atoms with Gasteiger partial charge in [-0.2, -0.15) is 0 Å². The summed E-state index contributed by atoms with van der Waals surface area (Å²) in [6, 6.07) is 11.4. The molecule has 0 aliphatic heterocycles. The average Bonchev–Trinajstić information content (AvgIpc) is 2.62. The molecule has 1 amide bonds. The first-order valence-electron chi connectivity index (χ1n) is 7.76. The number of nitrogens with one attached hydrogen (secondary N) is 1. The third-order valence-electron chi connectivity index (χ3n) is 3.40. The number of hydrogen-bond acceptors (Lipinski definition) is 3. The lowest BCUT2D eigenvalue weighted by atomic mass is 10.0. The Balaban J connectivity index is 2.25. The van der Waals surface area contributed by atoms with E-state index in [4.69, 9.17) is 17.3 Å². The molecule has 0 bridgehead atoms. The van der Waals surface area contributed by atoms with Crippen molar-refractivity contribution in [2.24, 2.45) is 10.7 Å². The van der Waals surface area contributed by atoms with Gasteiger partial charge < -0.3 is 15.8 Å². The molecule has 0 spiro atoms. The minimum absolute atomic E-state index is 0.153. The Hall–Kier alpha value is -3.26. The standard InChI is InChI=1S/C19H15ClF3N3O2/c1-12(26-18(27)15-4-2-3-5-17(15)20)16(10-25-11-24)13-6-8-14(9-7-13)28-19(21,22)23/h2-11H,1H2,(H2,24,25)(H,26,27)/b16-10+. The first kappa shape index (κ1) is 21.0. The van der Waals surface area contributed by atoms with E-state index in [2.05, 4.69) is 21.6 Å². The Kier molecular flexibility index (Phi) is 6.84. The quantitative estimate of drug-likeness (QED) is 0.418. The van der Waals surface area contributed by atoms with E-state index in [9.17, 15) is 18.0 Å². The lowest BCUT2D eigenvalue weighted by Crippen LogP contribution is -2.23. The van der Waals surface area contributed by atoms with Gasteiger partial charge in [0.2, 0.25) is 0 Å². The zero-order valence-corrected chi connectivity index (χ0v) is 15.1. The minimum Gasteiger partial charge on any atom is -0.406 e. The fraction of sp³-hybridized carbons (Fsp3) is 0.0526. The summed E-state index contributed by atoms with van der Waals surface area (Å²) >= 11 is 6.00. The topological polar surface area (TPSA) is 76.7 Å². The Bertz CT molecular complexity index is 923. The molecule has 0 saturated carbocycles. The molecule has 3 N–H and O–H groups in total. The SMILES string of the molecule is C=C(NC(=O)c1ccccc1Cl)/C(=C\N=CN)c1ccc(OC(F)(F)F)cc1. The van der Waals surface area contributed by atoms with Crippen LogP contribution in [0.15, 0.2) is 72.0 Å². The predicted octanol–water partition coefficient (Wildman–Crippen LogP) is 4.51. The molecule has 2 aromatic rings. The average molecular weight is 410 g/mol. The molecule has 0 heterocycles. The van der Waals surface area contributed by atoms with Crippen LogP contribution in [0.4, 0.5) is 13.2 Å². The number of amides is 1. The highest BCUT2D eigenvalue weighted by molar-refractivity contribution is 6.33. The molecule has 0 unspecified atom stereocenters. The molecule has 0 aromatic heterocycles. The van der Waals surface area contributed by atoms with Crippen LogP contribution < -0.4 is 15.8 Å². The zero-order valence-electron chi connectivity index (χ0n) is 14.3. The summed E-state index contributed by atoms with van der Waals surface area (Å²) in [6.45, 7) is 3.79. The molecule has 0 aliphatic carbocycles. The van der Waals surface area contributed by atoms with Crippen LogP contribution in [0.5, 0.6) is 5.75 Å². The van der Waals surface area contributed by atoms with Gasteiger partial charge in [-0.3, -0.25) is 4.79 Å². The summed E-state index contributed by atoms with van der Waals surface area (Å²) in [5.41, 5.74) is 6.40. The van der Waals surface area contributed by atoms with E-state index in [1.807, 2.05) is 0 Å². The van der Waals surface area contributed by atoms with E-state index in [0.717, 1.165) is 18.5 Å². The van der Waals surface area contributed by atoms with Crippen molar-refractivity contribution < 1.29 is 22.7 Å². The van der Waals surface area contributed by atoms with Crippen molar-refractivity contribution in [2.45, 2.75) is 6.36 Å². The second kappa shape index (κ2) is 9.09. The van der Waals surface area contributed by atoms with Crippen LogP contribution in [0.1, 0.15) is 15.9 Å². The molecule has 9 heteroatoms. The number of carbonyl (C=O) groups is 1. The number of halogens is 4. The van der Waals surface area contributed by atoms with Gasteiger partial charge in [0.15, 0.2) is 0 Å². The molecule has 0 fully saturated rings. The van der Waals surface area contributed by atoms with Gasteiger partial charge in [-0.1, -0.05) is 42.4 Å². The number of alkyl halides is 3. The number of hydrogen-bond donors (Lipinski definition) is 2. The van der Waals surface area contributed by atoms with Gasteiger partial charge in [0.1, 0.15) is 5.75 Å². The Labute approximate surface area is 164 Å². The number of aliphatic imine (C=N–C) groups is 1. The van der Waals surface area contributed by atoms with Gasteiger partial charge in [0.25, 0.3) is 5.91 Å². The molecule has 2 aromatic carbocycles. The first-order chi connectivity index (χ1) is 13.2. The van der Waals surface area contributed by atoms with Crippen molar-refractivity contribution in [3.8, 4) is 5.75 Å². The third kappa shape index (κ3) is 5.88. The summed E-state index contributed by atoms with van der Waals surface area (Å²) in [5, 5.41) is 2.84. The maximum absolute atomic E-state index is 12.4. The molecule has 146 valence electrons. The van der Waals surface area contributed by atoms with E-state index < -0.39 is 12.3 Å². The van der Waals surface area contributed by atoms with Crippen LogP contribution in [-0.4, -0.2) is 18.6 Å². The van der Waals surface area contributed by atoms with E-state index in [0.29, 0.717) is 11.1 Å². The maximum atomic E-state index is 12.4. The van der Waals surface area contributed by atoms with Crippen molar-refractivity contribution >= 4 is 29.4 Å². The van der Waals surface area contributed by atoms with Crippen molar-refractivity contribution in [1.29, 1.82) is 0 Å². The Morgan fingerprint density at radius 1 is 1.18 bits per heavy atom. The number of carbonyl (C=O) groups excluding carboxylic acids is 1. The molecule has 0 aliphatic rings. The third-order valence-corrected chi connectivity index (χ3v) is 3.73. The molecule has 28 heavy (non-hydrogen) atoms. The summed E-state index contributed by atoms with van der Waals surface area (Å²) in [6.07, 6.45) is -2.46. The Morgan fingerprint density at radius 2 is 1.82 bits per heavy atom. The second-order valence-corrected chi connectivity index (χ2v) is 5.73. The fourth-order valence-electron chi connectivity index (χ4n) is 2.20. The monoisotopic (exact) mass is 409 g/mol. The minimum atomic E-state index is -4.80. The molecule has 0 radical (unpaired) electrons. The van der Waals surface area contributed by atoms with E-state index >= 15 is 0 Å². The lowest BCUT2D eigenvalue weighted by Gasteiger charge is -2.14. The van der Waals surface area contributed by atoms with E-state index in [1.54, 1.807) is 18.2 Å². The normalized spacial score (nSPS) is 12.1. The van der Waals surface area contributed by atoms with Gasteiger partial charge in [-0.25, -0.2) is 4.99 Å². The molecule has 2 rings (SSSR count). The zero-order chi connectivity index (χ0) is 20.7. The molecular weight excluding hydrogens is 395 g/mol. The predicted molar refractivity (Wildman–Crippen MR) is 102 cm³/mol. The van der Waals surface area contributed by atoms with Crippen LogP contribution >= 0.6 is 11.6 Å². The summed E-state index contributed by atoms with van der Waals surface area (Å²) in [5.74, 6) is -0.890. The van der Waals surface area contributed by atoms with Crippen molar-refractivity contribution in [1.82, 2.24) is 5.32 Å². The van der Waals surface area contributed by atoms with Crippen LogP contribution in [0.3, 0.4) is 0 Å². The van der Waals surface area contributed by atoms with Gasteiger partial charge >= 0.3 is 6.36 Å². The first-order valence-corrected chi connectivity index (χ1v) is 8.14. The number of nitrogens with two attached hydrogens (primary N) is 1. The van der Waals surface area contributed by atoms with Crippen molar-refractivity contribution in [3.63, 3.8) is 0 Å². The van der Waals surface area contributed by atoms with Gasteiger partial charge in [-0.15, -0.1) is 13.2 Å².